The Morgan fingerprint density at radius 2 is 1.88 bits per heavy atom. The Hall–Kier alpha value is -2.16. The quantitative estimate of drug-likeness (QED) is 0.444. The molecular formula is C23H27NO2. The van der Waals surface area contributed by atoms with E-state index in [0.717, 1.165) is 19.4 Å². The predicted octanol–water partition coefficient (Wildman–Crippen LogP) is 4.55. The normalized spacial score (nSPS) is 27.2. The number of carbonyl (C=O) groups is 2. The Labute approximate surface area is 155 Å². The molecule has 1 aliphatic carbocycles. The van der Waals surface area contributed by atoms with Crippen molar-refractivity contribution in [3.05, 3.63) is 60.3 Å². The lowest BCUT2D eigenvalue weighted by Crippen LogP contribution is -2.52. The van der Waals surface area contributed by atoms with Gasteiger partial charge in [-0.1, -0.05) is 55.7 Å². The van der Waals surface area contributed by atoms with Crippen LogP contribution in [0.1, 0.15) is 55.3 Å². The molecule has 2 atom stereocenters. The Balaban J connectivity index is 1.67. The summed E-state index contributed by atoms with van der Waals surface area (Å²) in [5.74, 6) is 0.524. The van der Waals surface area contributed by atoms with Crippen molar-refractivity contribution in [2.45, 2.75) is 50.5 Å². The van der Waals surface area contributed by atoms with Gasteiger partial charge < -0.3 is 4.90 Å². The number of rotatable bonds is 5. The Morgan fingerprint density at radius 1 is 1.15 bits per heavy atom. The van der Waals surface area contributed by atoms with E-state index in [1.807, 2.05) is 30.5 Å². The highest BCUT2D eigenvalue weighted by atomic mass is 16.2. The summed E-state index contributed by atoms with van der Waals surface area (Å²) in [5.41, 5.74) is 0.388. The van der Waals surface area contributed by atoms with Crippen molar-refractivity contribution < 1.29 is 9.59 Å². The molecule has 1 aromatic carbocycles. The lowest BCUT2D eigenvalue weighted by atomic mass is 9.67. The molecule has 2 heterocycles. The van der Waals surface area contributed by atoms with Crippen molar-refractivity contribution in [1.29, 1.82) is 0 Å². The maximum atomic E-state index is 13.6. The summed E-state index contributed by atoms with van der Waals surface area (Å²) >= 11 is 0. The highest BCUT2D eigenvalue weighted by Crippen LogP contribution is 2.49. The van der Waals surface area contributed by atoms with Crippen molar-refractivity contribution in [3.63, 3.8) is 0 Å². The minimum absolute atomic E-state index is 0.0272. The van der Waals surface area contributed by atoms with Crippen molar-refractivity contribution in [2.75, 3.05) is 6.54 Å². The van der Waals surface area contributed by atoms with Gasteiger partial charge >= 0.3 is 0 Å². The molecule has 3 heteroatoms. The van der Waals surface area contributed by atoms with Crippen LogP contribution in [0.15, 0.2) is 54.8 Å². The van der Waals surface area contributed by atoms with Crippen LogP contribution >= 0.6 is 0 Å². The van der Waals surface area contributed by atoms with Crippen LogP contribution in [0.25, 0.3) is 0 Å². The SMILES string of the molecule is C=C[C@H](C1CCCCC1)[C@@]12CCCN1C=C(C(=O)c1ccccc1)C2=O. The van der Waals surface area contributed by atoms with Gasteiger partial charge in [-0.2, -0.15) is 0 Å². The molecular weight excluding hydrogens is 322 g/mol. The van der Waals surface area contributed by atoms with E-state index in [1.165, 1.54) is 32.1 Å². The number of hydrogen-bond acceptors (Lipinski definition) is 3. The zero-order valence-corrected chi connectivity index (χ0v) is 15.3. The van der Waals surface area contributed by atoms with Gasteiger partial charge in [-0.25, -0.2) is 0 Å². The van der Waals surface area contributed by atoms with E-state index in [2.05, 4.69) is 11.5 Å². The predicted molar refractivity (Wildman–Crippen MR) is 103 cm³/mol. The van der Waals surface area contributed by atoms with E-state index in [4.69, 9.17) is 0 Å². The minimum atomic E-state index is -0.566. The van der Waals surface area contributed by atoms with Gasteiger partial charge in [-0.05, 0) is 31.6 Å². The maximum Gasteiger partial charge on any atom is 0.198 e. The van der Waals surface area contributed by atoms with Gasteiger partial charge in [0.15, 0.2) is 11.6 Å². The fourth-order valence-corrected chi connectivity index (χ4v) is 5.42. The Bertz CT molecular complexity index is 745. The molecule has 1 saturated carbocycles. The monoisotopic (exact) mass is 349 g/mol. The fourth-order valence-electron chi connectivity index (χ4n) is 5.42. The second-order valence-electron chi connectivity index (χ2n) is 7.95. The zero-order valence-electron chi connectivity index (χ0n) is 15.3. The van der Waals surface area contributed by atoms with Crippen molar-refractivity contribution in [3.8, 4) is 0 Å². The number of fused-ring (bicyclic) bond motifs is 1. The van der Waals surface area contributed by atoms with E-state index in [1.54, 1.807) is 12.1 Å². The second-order valence-corrected chi connectivity index (χ2v) is 7.95. The molecule has 1 saturated heterocycles. The second kappa shape index (κ2) is 6.86. The van der Waals surface area contributed by atoms with Crippen LogP contribution < -0.4 is 0 Å². The average molecular weight is 349 g/mol. The molecule has 2 fully saturated rings. The summed E-state index contributed by atoms with van der Waals surface area (Å²) < 4.78 is 0. The van der Waals surface area contributed by atoms with Crippen LogP contribution in [0.2, 0.25) is 0 Å². The molecule has 3 aliphatic rings. The Morgan fingerprint density at radius 3 is 2.58 bits per heavy atom. The lowest BCUT2D eigenvalue weighted by Gasteiger charge is -2.43. The van der Waals surface area contributed by atoms with Crippen LogP contribution in [0, 0.1) is 11.8 Å². The van der Waals surface area contributed by atoms with Gasteiger partial charge in [0.2, 0.25) is 0 Å². The van der Waals surface area contributed by atoms with E-state index >= 15 is 0 Å². The highest BCUT2D eigenvalue weighted by molar-refractivity contribution is 6.30. The first-order valence-corrected chi connectivity index (χ1v) is 9.94. The molecule has 0 aromatic heterocycles. The molecule has 0 spiro atoms. The summed E-state index contributed by atoms with van der Waals surface area (Å²) in [5, 5.41) is 0. The van der Waals surface area contributed by atoms with Gasteiger partial charge in [-0.15, -0.1) is 6.58 Å². The third-order valence-corrected chi connectivity index (χ3v) is 6.64. The van der Waals surface area contributed by atoms with E-state index in [0.29, 0.717) is 17.1 Å². The van der Waals surface area contributed by atoms with Gasteiger partial charge in [0, 0.05) is 24.2 Å². The number of ketones is 2. The first-order valence-electron chi connectivity index (χ1n) is 9.94. The molecule has 2 aliphatic heterocycles. The van der Waals surface area contributed by atoms with Crippen molar-refractivity contribution >= 4 is 11.6 Å². The number of hydrogen-bond donors (Lipinski definition) is 0. The largest absolute Gasteiger partial charge is 0.363 e. The summed E-state index contributed by atoms with van der Waals surface area (Å²) in [4.78, 5) is 28.7. The van der Waals surface area contributed by atoms with E-state index < -0.39 is 5.54 Å². The third kappa shape index (κ3) is 2.56. The van der Waals surface area contributed by atoms with E-state index in [9.17, 15) is 9.59 Å². The van der Waals surface area contributed by atoms with Crippen LogP contribution in [0.5, 0.6) is 0 Å². The molecule has 0 amide bonds. The van der Waals surface area contributed by atoms with Gasteiger partial charge in [-0.3, -0.25) is 9.59 Å². The standard InChI is InChI=1S/C23H27NO2/c1-2-20(17-10-5-3-6-11-17)23-14-9-15-24(23)16-19(22(23)26)21(25)18-12-7-4-8-13-18/h2,4,7-8,12-13,16-17,20H,1,3,5-6,9-11,14-15H2/t20-,23-/m1/s1. The zero-order chi connectivity index (χ0) is 18.1. The summed E-state index contributed by atoms with van der Waals surface area (Å²) in [7, 11) is 0. The number of nitrogens with zero attached hydrogens (tertiary/aromatic N) is 1. The average Bonchev–Trinajstić information content (AvgIpc) is 3.22. The van der Waals surface area contributed by atoms with Crippen LogP contribution in [0.4, 0.5) is 0 Å². The van der Waals surface area contributed by atoms with Gasteiger partial charge in [0.05, 0.1) is 5.57 Å². The molecule has 1 aromatic rings. The summed E-state index contributed by atoms with van der Waals surface area (Å²) in [6.45, 7) is 4.97. The first-order chi connectivity index (χ1) is 12.7. The molecule has 0 N–H and O–H groups in total. The Kier molecular flexibility index (Phi) is 4.56. The number of Topliss-reactive ketones (excluding diaryl/α,β-unsaturated/α-hetero) is 2. The molecule has 136 valence electrons. The molecule has 0 unspecified atom stereocenters. The number of carbonyl (C=O) groups excluding carboxylic acids is 2. The van der Waals surface area contributed by atoms with Crippen LogP contribution in [-0.2, 0) is 4.79 Å². The van der Waals surface area contributed by atoms with Crippen molar-refractivity contribution in [1.82, 2.24) is 4.90 Å². The summed E-state index contributed by atoms with van der Waals surface area (Å²) in [6.07, 6.45) is 11.8. The topological polar surface area (TPSA) is 37.4 Å². The minimum Gasteiger partial charge on any atom is -0.363 e. The van der Waals surface area contributed by atoms with Crippen LogP contribution in [-0.4, -0.2) is 28.6 Å². The first kappa shape index (κ1) is 17.3. The fraction of sp³-hybridized carbons (Fsp3) is 0.478. The molecule has 0 bridgehead atoms. The van der Waals surface area contributed by atoms with Gasteiger partial charge in [0.1, 0.15) is 5.54 Å². The smallest absolute Gasteiger partial charge is 0.198 e. The third-order valence-electron chi connectivity index (χ3n) is 6.64. The molecule has 3 nitrogen and oxygen atoms in total. The number of benzene rings is 1. The maximum absolute atomic E-state index is 13.6. The van der Waals surface area contributed by atoms with Crippen molar-refractivity contribution in [2.24, 2.45) is 11.8 Å². The lowest BCUT2D eigenvalue weighted by molar-refractivity contribution is -0.125. The highest BCUT2D eigenvalue weighted by Gasteiger charge is 2.57. The molecule has 4 rings (SSSR count). The summed E-state index contributed by atoms with van der Waals surface area (Å²) in [6, 6.07) is 9.16. The molecule has 26 heavy (non-hydrogen) atoms. The van der Waals surface area contributed by atoms with Gasteiger partial charge in [0.25, 0.3) is 0 Å². The van der Waals surface area contributed by atoms with E-state index in [-0.39, 0.29) is 17.5 Å². The van der Waals surface area contributed by atoms with Crippen LogP contribution in [0.3, 0.4) is 0 Å². The molecule has 0 radical (unpaired) electrons.